The minimum absolute atomic E-state index is 0.131. The Morgan fingerprint density at radius 2 is 2.05 bits per heavy atom. The van der Waals surface area contributed by atoms with Crippen LogP contribution >= 0.6 is 22.9 Å². The molecule has 1 saturated heterocycles. The second-order valence-electron chi connectivity index (χ2n) is 5.47. The Morgan fingerprint density at radius 3 is 2.52 bits per heavy atom. The second kappa shape index (κ2) is 7.58. The number of aliphatic hydroxyl groups excluding tert-OH is 1. The van der Waals surface area contributed by atoms with Gasteiger partial charge in [-0.2, -0.15) is 0 Å². The lowest BCUT2D eigenvalue weighted by molar-refractivity contribution is -0.134. The molecule has 1 fully saturated rings. The topological polar surface area (TPSA) is 43.8 Å². The molecule has 1 aliphatic heterocycles. The van der Waals surface area contributed by atoms with Gasteiger partial charge in [-0.3, -0.25) is 9.69 Å². The molecule has 0 bridgehead atoms. The minimum atomic E-state index is -0.131. The van der Waals surface area contributed by atoms with Crippen molar-refractivity contribution in [2.75, 3.05) is 32.8 Å². The van der Waals surface area contributed by atoms with E-state index in [-0.39, 0.29) is 24.5 Å². The molecule has 2 heterocycles. The molecule has 2 rings (SSSR count). The number of aliphatic hydroxyl groups is 1. The van der Waals surface area contributed by atoms with Gasteiger partial charge < -0.3 is 10.0 Å². The molecular formula is C15H23ClN2O2S. The van der Waals surface area contributed by atoms with Gasteiger partial charge in [-0.05, 0) is 25.5 Å². The van der Waals surface area contributed by atoms with Crippen LogP contribution < -0.4 is 0 Å². The Morgan fingerprint density at radius 1 is 1.38 bits per heavy atom. The molecule has 0 radical (unpaired) electrons. The first kappa shape index (κ1) is 16.7. The van der Waals surface area contributed by atoms with Gasteiger partial charge in [0, 0.05) is 37.1 Å². The first-order valence-corrected chi connectivity index (χ1v) is 8.65. The van der Waals surface area contributed by atoms with Crippen LogP contribution in [0.15, 0.2) is 12.1 Å². The van der Waals surface area contributed by atoms with Crippen molar-refractivity contribution < 1.29 is 9.90 Å². The third-order valence-corrected chi connectivity index (χ3v) is 5.63. The zero-order chi connectivity index (χ0) is 15.4. The zero-order valence-electron chi connectivity index (χ0n) is 12.6. The summed E-state index contributed by atoms with van der Waals surface area (Å²) >= 11 is 7.42. The molecule has 1 aromatic heterocycles. The lowest BCUT2D eigenvalue weighted by Crippen LogP contribution is -2.53. The lowest BCUT2D eigenvalue weighted by Gasteiger charge is -2.39. The van der Waals surface area contributed by atoms with Crippen LogP contribution in [-0.2, 0) is 4.79 Å². The number of rotatable bonds is 5. The van der Waals surface area contributed by atoms with E-state index < -0.39 is 0 Å². The van der Waals surface area contributed by atoms with Crippen LogP contribution in [0.2, 0.25) is 4.34 Å². The number of carbonyl (C=O) groups excluding carboxylic acids is 1. The number of amides is 1. The van der Waals surface area contributed by atoms with E-state index in [9.17, 15) is 9.90 Å². The maximum Gasteiger partial charge on any atom is 0.230 e. The molecule has 21 heavy (non-hydrogen) atoms. The molecule has 4 nitrogen and oxygen atoms in total. The van der Waals surface area contributed by atoms with Crippen molar-refractivity contribution in [3.8, 4) is 0 Å². The van der Waals surface area contributed by atoms with Gasteiger partial charge in [-0.25, -0.2) is 0 Å². The summed E-state index contributed by atoms with van der Waals surface area (Å²) in [7, 11) is 0. The molecule has 6 heteroatoms. The minimum Gasteiger partial charge on any atom is -0.395 e. The second-order valence-corrected chi connectivity index (χ2v) is 7.22. The van der Waals surface area contributed by atoms with Gasteiger partial charge in [0.15, 0.2) is 0 Å². The van der Waals surface area contributed by atoms with E-state index in [1.165, 1.54) is 11.3 Å². The Hall–Kier alpha value is -0.620. The van der Waals surface area contributed by atoms with E-state index in [1.807, 2.05) is 24.0 Å². The average molecular weight is 331 g/mol. The van der Waals surface area contributed by atoms with E-state index in [2.05, 4.69) is 11.8 Å². The third kappa shape index (κ3) is 3.97. The number of hydrogen-bond donors (Lipinski definition) is 1. The van der Waals surface area contributed by atoms with Crippen LogP contribution in [0.25, 0.3) is 0 Å². The molecule has 0 spiro atoms. The summed E-state index contributed by atoms with van der Waals surface area (Å²) in [6, 6.07) is 4.00. The summed E-state index contributed by atoms with van der Waals surface area (Å²) in [5.74, 6) is 0.0408. The van der Waals surface area contributed by atoms with Gasteiger partial charge in [0.05, 0.1) is 16.9 Å². The van der Waals surface area contributed by atoms with E-state index in [1.54, 1.807) is 0 Å². The molecule has 1 aliphatic rings. The van der Waals surface area contributed by atoms with Crippen molar-refractivity contribution in [2.24, 2.45) is 0 Å². The summed E-state index contributed by atoms with van der Waals surface area (Å²) in [6.07, 6.45) is 0.939. The molecule has 0 aromatic carbocycles. The Kier molecular flexibility index (Phi) is 6.05. The molecule has 118 valence electrons. The van der Waals surface area contributed by atoms with Gasteiger partial charge in [-0.15, -0.1) is 11.3 Å². The average Bonchev–Trinajstić information content (AvgIpc) is 2.94. The molecular weight excluding hydrogens is 308 g/mol. The van der Waals surface area contributed by atoms with Gasteiger partial charge >= 0.3 is 0 Å². The normalized spacial score (nSPS) is 19.5. The maximum absolute atomic E-state index is 12.5. The molecule has 1 amide bonds. The molecule has 0 saturated carbocycles. The summed E-state index contributed by atoms with van der Waals surface area (Å²) in [5, 5.41) is 9.36. The fourth-order valence-electron chi connectivity index (χ4n) is 2.77. The summed E-state index contributed by atoms with van der Waals surface area (Å²) < 4.78 is 0.725. The first-order chi connectivity index (χ1) is 10.1. The predicted molar refractivity (Wildman–Crippen MR) is 87.1 cm³/mol. The summed E-state index contributed by atoms with van der Waals surface area (Å²) in [5.41, 5.74) is 0. The summed E-state index contributed by atoms with van der Waals surface area (Å²) in [4.78, 5) is 17.8. The number of nitrogens with zero attached hydrogens (tertiary/aromatic N) is 2. The van der Waals surface area contributed by atoms with Gasteiger partial charge in [-0.1, -0.05) is 18.5 Å². The van der Waals surface area contributed by atoms with Crippen LogP contribution in [0, 0.1) is 0 Å². The molecule has 1 aromatic rings. The van der Waals surface area contributed by atoms with E-state index in [4.69, 9.17) is 11.6 Å². The smallest absolute Gasteiger partial charge is 0.230 e. The van der Waals surface area contributed by atoms with E-state index in [0.29, 0.717) is 0 Å². The quantitative estimate of drug-likeness (QED) is 0.901. The van der Waals surface area contributed by atoms with Crippen molar-refractivity contribution in [1.29, 1.82) is 0 Å². The highest BCUT2D eigenvalue weighted by Gasteiger charge is 2.28. The third-order valence-electron chi connectivity index (χ3n) is 4.22. The number of hydrogen-bond acceptors (Lipinski definition) is 4. The SMILES string of the molecule is CCC(CO)N1CCN(C(=O)C(C)c2ccc(Cl)s2)CC1. The predicted octanol–water partition coefficient (Wildman–Crippen LogP) is 2.42. The highest BCUT2D eigenvalue weighted by Crippen LogP contribution is 2.29. The number of thiophene rings is 1. The number of halogens is 1. The monoisotopic (exact) mass is 330 g/mol. The fraction of sp³-hybridized carbons (Fsp3) is 0.667. The highest BCUT2D eigenvalue weighted by atomic mass is 35.5. The lowest BCUT2D eigenvalue weighted by atomic mass is 10.1. The molecule has 0 aliphatic carbocycles. The van der Waals surface area contributed by atoms with Crippen molar-refractivity contribution >= 4 is 28.8 Å². The van der Waals surface area contributed by atoms with Crippen LogP contribution in [0.3, 0.4) is 0 Å². The van der Waals surface area contributed by atoms with Crippen molar-refractivity contribution in [3.05, 3.63) is 21.3 Å². The standard InChI is InChI=1S/C15H23ClN2O2S/c1-3-12(10-19)17-6-8-18(9-7-17)15(20)11(2)13-4-5-14(16)21-13/h4-5,11-12,19H,3,6-10H2,1-2H3. The van der Waals surface area contributed by atoms with Gasteiger partial charge in [0.25, 0.3) is 0 Å². The highest BCUT2D eigenvalue weighted by molar-refractivity contribution is 7.16. The van der Waals surface area contributed by atoms with Gasteiger partial charge in [0.2, 0.25) is 5.91 Å². The largest absolute Gasteiger partial charge is 0.395 e. The van der Waals surface area contributed by atoms with Crippen molar-refractivity contribution in [3.63, 3.8) is 0 Å². The number of carbonyl (C=O) groups is 1. The maximum atomic E-state index is 12.5. The van der Waals surface area contributed by atoms with Crippen LogP contribution in [0.4, 0.5) is 0 Å². The van der Waals surface area contributed by atoms with Crippen molar-refractivity contribution in [1.82, 2.24) is 9.80 Å². The van der Waals surface area contributed by atoms with E-state index >= 15 is 0 Å². The number of piperazine rings is 1. The summed E-state index contributed by atoms with van der Waals surface area (Å²) in [6.45, 7) is 7.36. The molecule has 1 N–H and O–H groups in total. The van der Waals surface area contributed by atoms with Crippen LogP contribution in [-0.4, -0.2) is 59.6 Å². The van der Waals surface area contributed by atoms with Crippen LogP contribution in [0.1, 0.15) is 31.1 Å². The van der Waals surface area contributed by atoms with Crippen molar-refractivity contribution in [2.45, 2.75) is 32.2 Å². The van der Waals surface area contributed by atoms with Gasteiger partial charge in [0.1, 0.15) is 0 Å². The Balaban J connectivity index is 1.91. The molecule has 2 unspecified atom stereocenters. The first-order valence-electron chi connectivity index (χ1n) is 7.45. The Labute approximate surface area is 135 Å². The van der Waals surface area contributed by atoms with Crippen LogP contribution in [0.5, 0.6) is 0 Å². The van der Waals surface area contributed by atoms with E-state index in [0.717, 1.165) is 41.8 Å². The zero-order valence-corrected chi connectivity index (χ0v) is 14.2. The molecule has 2 atom stereocenters. The Bertz CT molecular complexity index is 468. The fourth-order valence-corrected chi connectivity index (χ4v) is 3.87.